The van der Waals surface area contributed by atoms with Crippen molar-refractivity contribution in [2.75, 3.05) is 39.8 Å². The molecule has 1 fully saturated rings. The van der Waals surface area contributed by atoms with Gasteiger partial charge in [0.1, 0.15) is 6.10 Å². The molecule has 1 saturated heterocycles. The number of hydrogen-bond acceptors (Lipinski definition) is 3. The summed E-state index contributed by atoms with van der Waals surface area (Å²) in [4.78, 5) is 5.95. The Balaban J connectivity index is 0.00000392. The largest absolute Gasteiger partial charge is 0.401 e. The van der Waals surface area contributed by atoms with Crippen molar-refractivity contribution >= 4 is 41.5 Å². The van der Waals surface area contributed by atoms with E-state index < -0.39 is 12.7 Å². The molecule has 0 aliphatic carbocycles. The Morgan fingerprint density at radius 3 is 2.79 bits per heavy atom. The molecule has 0 radical (unpaired) electrons. The van der Waals surface area contributed by atoms with Crippen LogP contribution in [0.25, 0.3) is 0 Å². The Hall–Kier alpha value is -0.780. The SMILES string of the molecule is CCNC(=NCC(OC)c1cccc(Cl)c1)NC1CCN(CC(F)(F)F)C1.I. The van der Waals surface area contributed by atoms with Crippen LogP contribution in [0.2, 0.25) is 5.02 Å². The van der Waals surface area contributed by atoms with Crippen molar-refractivity contribution in [3.8, 4) is 0 Å². The van der Waals surface area contributed by atoms with Gasteiger partial charge in [0.15, 0.2) is 5.96 Å². The third kappa shape index (κ3) is 8.71. The first-order chi connectivity index (χ1) is 12.8. The van der Waals surface area contributed by atoms with Gasteiger partial charge in [-0.1, -0.05) is 23.7 Å². The topological polar surface area (TPSA) is 48.9 Å². The predicted molar refractivity (Wildman–Crippen MR) is 117 cm³/mol. The number of benzene rings is 1. The van der Waals surface area contributed by atoms with E-state index in [9.17, 15) is 13.2 Å². The summed E-state index contributed by atoms with van der Waals surface area (Å²) in [7, 11) is 1.60. The summed E-state index contributed by atoms with van der Waals surface area (Å²) in [5, 5.41) is 6.98. The molecule has 1 heterocycles. The molecule has 1 aliphatic heterocycles. The summed E-state index contributed by atoms with van der Waals surface area (Å²) in [6, 6.07) is 7.32. The van der Waals surface area contributed by atoms with Crippen molar-refractivity contribution in [2.45, 2.75) is 31.7 Å². The summed E-state index contributed by atoms with van der Waals surface area (Å²) in [6.07, 6.45) is -3.79. The van der Waals surface area contributed by atoms with Crippen LogP contribution in [0.15, 0.2) is 29.3 Å². The molecule has 1 aromatic rings. The van der Waals surface area contributed by atoms with E-state index in [0.29, 0.717) is 43.6 Å². The highest BCUT2D eigenvalue weighted by Gasteiger charge is 2.34. The van der Waals surface area contributed by atoms with Gasteiger partial charge < -0.3 is 15.4 Å². The van der Waals surface area contributed by atoms with E-state index in [2.05, 4.69) is 15.6 Å². The zero-order valence-electron chi connectivity index (χ0n) is 15.9. The normalized spacial score (nSPS) is 19.2. The van der Waals surface area contributed by atoms with E-state index >= 15 is 0 Å². The van der Waals surface area contributed by atoms with E-state index in [1.807, 2.05) is 25.1 Å². The highest BCUT2D eigenvalue weighted by molar-refractivity contribution is 14.0. The maximum atomic E-state index is 12.5. The van der Waals surface area contributed by atoms with Crippen molar-refractivity contribution in [1.29, 1.82) is 0 Å². The second-order valence-electron chi connectivity index (χ2n) is 6.48. The third-order valence-electron chi connectivity index (χ3n) is 4.28. The second kappa shape index (κ2) is 12.0. The van der Waals surface area contributed by atoms with Gasteiger partial charge >= 0.3 is 6.18 Å². The fraction of sp³-hybridized carbons (Fsp3) is 0.611. The summed E-state index contributed by atoms with van der Waals surface area (Å²) >= 11 is 6.03. The van der Waals surface area contributed by atoms with E-state index in [-0.39, 0.29) is 36.1 Å². The van der Waals surface area contributed by atoms with Crippen LogP contribution in [-0.2, 0) is 4.74 Å². The number of rotatable bonds is 7. The first kappa shape index (κ1) is 25.3. The highest BCUT2D eigenvalue weighted by atomic mass is 127. The molecule has 0 bridgehead atoms. The molecule has 28 heavy (non-hydrogen) atoms. The summed E-state index contributed by atoms with van der Waals surface area (Å²) in [5.74, 6) is 0.570. The molecule has 0 saturated carbocycles. The van der Waals surface area contributed by atoms with Gasteiger partial charge in [-0.05, 0) is 31.0 Å². The molecule has 10 heteroatoms. The van der Waals surface area contributed by atoms with Gasteiger partial charge in [0, 0.05) is 37.8 Å². The fourth-order valence-electron chi connectivity index (χ4n) is 3.06. The van der Waals surface area contributed by atoms with Crippen molar-refractivity contribution < 1.29 is 17.9 Å². The molecule has 2 N–H and O–H groups in total. The lowest BCUT2D eigenvalue weighted by Gasteiger charge is -2.20. The van der Waals surface area contributed by atoms with Crippen LogP contribution in [0.4, 0.5) is 13.2 Å². The van der Waals surface area contributed by atoms with Gasteiger partial charge in [-0.2, -0.15) is 13.2 Å². The number of likely N-dealkylation sites (tertiary alicyclic amines) is 1. The molecule has 1 aromatic carbocycles. The van der Waals surface area contributed by atoms with E-state index in [4.69, 9.17) is 16.3 Å². The van der Waals surface area contributed by atoms with Crippen LogP contribution in [0, 0.1) is 0 Å². The summed E-state index contributed by atoms with van der Waals surface area (Å²) in [5.41, 5.74) is 0.918. The van der Waals surface area contributed by atoms with E-state index in [1.165, 1.54) is 4.90 Å². The average molecular weight is 535 g/mol. The van der Waals surface area contributed by atoms with E-state index in [1.54, 1.807) is 13.2 Å². The summed E-state index contributed by atoms with van der Waals surface area (Å²) < 4.78 is 43.1. The first-order valence-corrected chi connectivity index (χ1v) is 9.30. The molecule has 5 nitrogen and oxygen atoms in total. The number of nitrogens with zero attached hydrogens (tertiary/aromatic N) is 2. The third-order valence-corrected chi connectivity index (χ3v) is 4.52. The Morgan fingerprint density at radius 2 is 2.18 bits per heavy atom. The minimum atomic E-state index is -4.17. The zero-order chi connectivity index (χ0) is 19.9. The van der Waals surface area contributed by atoms with Crippen LogP contribution in [0.3, 0.4) is 0 Å². The van der Waals surface area contributed by atoms with Crippen molar-refractivity contribution in [3.05, 3.63) is 34.9 Å². The van der Waals surface area contributed by atoms with Gasteiger partial charge in [0.2, 0.25) is 0 Å². The Kier molecular flexibility index (Phi) is 10.9. The Morgan fingerprint density at radius 1 is 1.43 bits per heavy atom. The van der Waals surface area contributed by atoms with Gasteiger partial charge in [-0.3, -0.25) is 9.89 Å². The molecule has 0 amide bonds. The maximum Gasteiger partial charge on any atom is 0.401 e. The van der Waals surface area contributed by atoms with Gasteiger partial charge in [-0.25, -0.2) is 0 Å². The number of aliphatic imine (C=N–C) groups is 1. The molecule has 160 valence electrons. The van der Waals surface area contributed by atoms with Crippen LogP contribution in [0.1, 0.15) is 25.0 Å². The Bertz CT molecular complexity index is 633. The lowest BCUT2D eigenvalue weighted by Crippen LogP contribution is -2.45. The molecule has 0 spiro atoms. The smallest absolute Gasteiger partial charge is 0.375 e. The molecule has 2 unspecified atom stereocenters. The molecule has 0 aromatic heterocycles. The molecule has 2 rings (SSSR count). The minimum Gasteiger partial charge on any atom is -0.375 e. The number of guanidine groups is 1. The number of hydrogen-bond donors (Lipinski definition) is 2. The standard InChI is InChI=1S/C18H26ClF3N4O.HI/c1-3-23-17(25-15-7-8-26(11-15)12-18(20,21)22)24-10-16(27-2)13-5-4-6-14(19)9-13;/h4-6,9,15-16H,3,7-8,10-12H2,1-2H3,(H2,23,24,25);1H. The van der Waals surface area contributed by atoms with Gasteiger partial charge in [0.25, 0.3) is 0 Å². The number of halogens is 5. The van der Waals surface area contributed by atoms with Crippen LogP contribution in [0.5, 0.6) is 0 Å². The lowest BCUT2D eigenvalue weighted by molar-refractivity contribution is -0.143. The molecular weight excluding hydrogens is 508 g/mol. The second-order valence-corrected chi connectivity index (χ2v) is 6.92. The van der Waals surface area contributed by atoms with E-state index in [0.717, 1.165) is 5.56 Å². The molecule has 2 atom stereocenters. The zero-order valence-corrected chi connectivity index (χ0v) is 19.0. The number of ether oxygens (including phenoxy) is 1. The predicted octanol–water partition coefficient (Wildman–Crippen LogP) is 3.84. The van der Waals surface area contributed by atoms with Crippen molar-refractivity contribution in [3.63, 3.8) is 0 Å². The van der Waals surface area contributed by atoms with Crippen LogP contribution in [-0.4, -0.2) is 62.9 Å². The number of methoxy groups -OCH3 is 1. The van der Waals surface area contributed by atoms with Gasteiger partial charge in [0.05, 0.1) is 13.1 Å². The quantitative estimate of drug-likeness (QED) is 0.317. The monoisotopic (exact) mass is 534 g/mol. The minimum absolute atomic E-state index is 0. The molecular formula is C18H27ClF3IN4O. The van der Waals surface area contributed by atoms with Crippen molar-refractivity contribution in [2.24, 2.45) is 4.99 Å². The lowest BCUT2D eigenvalue weighted by atomic mass is 10.1. The van der Waals surface area contributed by atoms with Crippen LogP contribution < -0.4 is 10.6 Å². The number of alkyl halides is 3. The first-order valence-electron chi connectivity index (χ1n) is 8.93. The average Bonchev–Trinajstić information content (AvgIpc) is 3.00. The summed E-state index contributed by atoms with van der Waals surface area (Å²) in [6.45, 7) is 2.84. The highest BCUT2D eigenvalue weighted by Crippen LogP contribution is 2.21. The van der Waals surface area contributed by atoms with Crippen molar-refractivity contribution in [1.82, 2.24) is 15.5 Å². The van der Waals surface area contributed by atoms with Crippen LogP contribution >= 0.6 is 35.6 Å². The fourth-order valence-corrected chi connectivity index (χ4v) is 3.26. The molecule has 1 aliphatic rings. The Labute approximate surface area is 186 Å². The number of nitrogens with one attached hydrogen (secondary N) is 2. The maximum absolute atomic E-state index is 12.5. The van der Waals surface area contributed by atoms with Gasteiger partial charge in [-0.15, -0.1) is 24.0 Å².